The Morgan fingerprint density at radius 3 is 2.41 bits per heavy atom. The van der Waals surface area contributed by atoms with Crippen LogP contribution in [0.2, 0.25) is 0 Å². The van der Waals surface area contributed by atoms with Crippen LogP contribution in [0.3, 0.4) is 0 Å². The first kappa shape index (κ1) is 17.5. The zero-order chi connectivity index (χ0) is 18.8. The number of rotatable bonds is 4. The number of aromatic nitrogens is 2. The smallest absolute Gasteiger partial charge is 0.261 e. The summed E-state index contributed by atoms with van der Waals surface area (Å²) >= 11 is 0. The van der Waals surface area contributed by atoms with E-state index in [4.69, 9.17) is 11.5 Å². The molecule has 4 N–H and O–H groups in total. The third kappa shape index (κ3) is 3.66. The van der Waals surface area contributed by atoms with Crippen molar-refractivity contribution in [2.75, 3.05) is 31.1 Å². The molecule has 27 heavy (non-hydrogen) atoms. The molecule has 1 aromatic heterocycles. The van der Waals surface area contributed by atoms with Crippen LogP contribution >= 0.6 is 0 Å². The van der Waals surface area contributed by atoms with Gasteiger partial charge in [-0.25, -0.2) is 4.98 Å². The number of nitrogens with zero attached hydrogens (tertiary/aromatic N) is 3. The summed E-state index contributed by atoms with van der Waals surface area (Å²) in [5.74, 6) is 0. The van der Waals surface area contributed by atoms with Crippen molar-refractivity contribution in [2.24, 2.45) is 0 Å². The molecule has 0 unspecified atom stereocenters. The molecule has 3 aromatic rings. The highest BCUT2D eigenvalue weighted by Gasteiger charge is 2.11. The highest BCUT2D eigenvalue weighted by Crippen LogP contribution is 2.26. The van der Waals surface area contributed by atoms with Crippen LogP contribution in [0.1, 0.15) is 19.3 Å². The number of anilines is 2. The van der Waals surface area contributed by atoms with E-state index in [0.717, 1.165) is 30.8 Å². The Balaban J connectivity index is 1.64. The van der Waals surface area contributed by atoms with Gasteiger partial charge in [-0.1, -0.05) is 18.6 Å². The van der Waals surface area contributed by atoms with E-state index in [1.807, 2.05) is 30.3 Å². The van der Waals surface area contributed by atoms with Gasteiger partial charge in [0.2, 0.25) is 0 Å². The summed E-state index contributed by atoms with van der Waals surface area (Å²) < 4.78 is 1.72. The number of nitrogens with two attached hydrogens (primary N) is 2. The fourth-order valence-electron chi connectivity index (χ4n) is 3.68. The van der Waals surface area contributed by atoms with E-state index in [1.54, 1.807) is 17.0 Å². The molecule has 1 fully saturated rings. The number of benzene rings is 2. The van der Waals surface area contributed by atoms with Gasteiger partial charge in [-0.15, -0.1) is 0 Å². The summed E-state index contributed by atoms with van der Waals surface area (Å²) in [5, 5.41) is 0.629. The molecule has 140 valence electrons. The van der Waals surface area contributed by atoms with Gasteiger partial charge >= 0.3 is 0 Å². The third-order valence-electron chi connectivity index (χ3n) is 5.35. The molecule has 1 saturated heterocycles. The Hall–Kier alpha value is -2.86. The molecule has 1 aliphatic rings. The first-order chi connectivity index (χ1) is 13.1. The summed E-state index contributed by atoms with van der Waals surface area (Å²) in [6, 6.07) is 11.3. The lowest BCUT2D eigenvalue weighted by molar-refractivity contribution is 0.220. The summed E-state index contributed by atoms with van der Waals surface area (Å²) in [7, 11) is 0. The van der Waals surface area contributed by atoms with E-state index in [9.17, 15) is 4.79 Å². The number of nitrogen functional groups attached to an aromatic ring is 2. The molecule has 6 nitrogen and oxygen atoms in total. The van der Waals surface area contributed by atoms with Crippen molar-refractivity contribution in [3.05, 3.63) is 53.1 Å². The first-order valence-corrected chi connectivity index (χ1v) is 9.49. The minimum atomic E-state index is 0.00211. The van der Waals surface area contributed by atoms with Crippen molar-refractivity contribution >= 4 is 22.3 Å². The maximum absolute atomic E-state index is 13.0. The van der Waals surface area contributed by atoms with Gasteiger partial charge in [-0.3, -0.25) is 9.36 Å². The highest BCUT2D eigenvalue weighted by atomic mass is 16.1. The summed E-state index contributed by atoms with van der Waals surface area (Å²) in [6.45, 7) is 3.80. The molecule has 4 rings (SSSR count). The molecule has 6 heteroatoms. The second kappa shape index (κ2) is 7.40. The standard InChI is InChI=1S/C21H25N5O/c22-18-6-4-16(13-19(18)23)15-5-7-20-17(12-15)21(27)26(14-24-20)11-10-25-8-2-1-3-9-25/h4-7,12-14H,1-3,8-11,22-23H2. The number of likely N-dealkylation sites (tertiary alicyclic amines) is 1. The zero-order valence-electron chi connectivity index (χ0n) is 15.4. The highest BCUT2D eigenvalue weighted by molar-refractivity contribution is 5.85. The molecule has 0 radical (unpaired) electrons. The van der Waals surface area contributed by atoms with Gasteiger partial charge in [0.15, 0.2) is 0 Å². The van der Waals surface area contributed by atoms with E-state index >= 15 is 0 Å². The molecule has 0 atom stereocenters. The van der Waals surface area contributed by atoms with Crippen molar-refractivity contribution in [1.82, 2.24) is 14.5 Å². The molecular weight excluding hydrogens is 338 g/mol. The number of fused-ring (bicyclic) bond motifs is 1. The molecule has 2 heterocycles. The second-order valence-electron chi connectivity index (χ2n) is 7.22. The van der Waals surface area contributed by atoms with Crippen molar-refractivity contribution < 1.29 is 0 Å². The van der Waals surface area contributed by atoms with Crippen LogP contribution in [0, 0.1) is 0 Å². The molecule has 0 spiro atoms. The average Bonchev–Trinajstić information content (AvgIpc) is 2.70. The molecule has 0 aliphatic carbocycles. The Morgan fingerprint density at radius 1 is 0.889 bits per heavy atom. The molecule has 0 bridgehead atoms. The first-order valence-electron chi connectivity index (χ1n) is 9.49. The van der Waals surface area contributed by atoms with E-state index in [0.29, 0.717) is 28.8 Å². The minimum Gasteiger partial charge on any atom is -0.397 e. The Kier molecular flexibility index (Phi) is 4.81. The van der Waals surface area contributed by atoms with Crippen molar-refractivity contribution in [3.8, 4) is 11.1 Å². The summed E-state index contributed by atoms with van der Waals surface area (Å²) in [6.07, 6.45) is 5.47. The molecule has 2 aromatic carbocycles. The van der Waals surface area contributed by atoms with Crippen LogP contribution in [-0.2, 0) is 6.54 Å². The third-order valence-corrected chi connectivity index (χ3v) is 5.35. The van der Waals surface area contributed by atoms with E-state index in [2.05, 4.69) is 9.88 Å². The Morgan fingerprint density at radius 2 is 1.63 bits per heavy atom. The number of hydrogen-bond donors (Lipinski definition) is 2. The summed E-state index contributed by atoms with van der Waals surface area (Å²) in [5.41, 5.74) is 15.4. The van der Waals surface area contributed by atoms with E-state index in [1.165, 1.54) is 19.3 Å². The lowest BCUT2D eigenvalue weighted by Gasteiger charge is -2.26. The number of piperidine rings is 1. The van der Waals surface area contributed by atoms with E-state index in [-0.39, 0.29) is 5.56 Å². The largest absolute Gasteiger partial charge is 0.397 e. The van der Waals surface area contributed by atoms with Gasteiger partial charge in [0.1, 0.15) is 0 Å². The van der Waals surface area contributed by atoms with Crippen LogP contribution in [0.15, 0.2) is 47.5 Å². The van der Waals surface area contributed by atoms with Crippen molar-refractivity contribution in [1.29, 1.82) is 0 Å². The SMILES string of the molecule is Nc1ccc(-c2ccc3ncn(CCN4CCCCC4)c(=O)c3c2)cc1N. The molecule has 0 amide bonds. The van der Waals surface area contributed by atoms with Gasteiger partial charge in [0.05, 0.1) is 28.6 Å². The normalized spacial score (nSPS) is 15.3. The van der Waals surface area contributed by atoms with Crippen LogP contribution < -0.4 is 17.0 Å². The fourth-order valence-corrected chi connectivity index (χ4v) is 3.68. The maximum atomic E-state index is 13.0. The maximum Gasteiger partial charge on any atom is 0.261 e. The average molecular weight is 363 g/mol. The number of hydrogen-bond acceptors (Lipinski definition) is 5. The topological polar surface area (TPSA) is 90.2 Å². The Bertz CT molecular complexity index is 1020. The van der Waals surface area contributed by atoms with Crippen molar-refractivity contribution in [3.63, 3.8) is 0 Å². The van der Waals surface area contributed by atoms with Crippen LogP contribution in [0.4, 0.5) is 11.4 Å². The fraction of sp³-hybridized carbons (Fsp3) is 0.333. The van der Waals surface area contributed by atoms with Crippen LogP contribution in [-0.4, -0.2) is 34.1 Å². The van der Waals surface area contributed by atoms with Gasteiger partial charge in [0.25, 0.3) is 5.56 Å². The van der Waals surface area contributed by atoms with Gasteiger partial charge in [0, 0.05) is 13.1 Å². The van der Waals surface area contributed by atoms with Gasteiger partial charge in [-0.05, 0) is 61.3 Å². The predicted octanol–water partition coefficient (Wildman–Crippen LogP) is 2.71. The van der Waals surface area contributed by atoms with Crippen molar-refractivity contribution in [2.45, 2.75) is 25.8 Å². The quantitative estimate of drug-likeness (QED) is 0.696. The van der Waals surface area contributed by atoms with Crippen LogP contribution in [0.25, 0.3) is 22.0 Å². The zero-order valence-corrected chi connectivity index (χ0v) is 15.4. The molecule has 0 saturated carbocycles. The summed E-state index contributed by atoms with van der Waals surface area (Å²) in [4.78, 5) is 19.9. The molecular formula is C21H25N5O. The van der Waals surface area contributed by atoms with Crippen LogP contribution in [0.5, 0.6) is 0 Å². The molecule has 1 aliphatic heterocycles. The lowest BCUT2D eigenvalue weighted by Crippen LogP contribution is -2.34. The lowest BCUT2D eigenvalue weighted by atomic mass is 10.0. The monoisotopic (exact) mass is 363 g/mol. The predicted molar refractivity (Wildman–Crippen MR) is 111 cm³/mol. The van der Waals surface area contributed by atoms with Gasteiger partial charge in [-0.2, -0.15) is 0 Å². The minimum absolute atomic E-state index is 0.00211. The Labute approximate surface area is 158 Å². The second-order valence-corrected chi connectivity index (χ2v) is 7.22. The van der Waals surface area contributed by atoms with Gasteiger partial charge < -0.3 is 16.4 Å². The van der Waals surface area contributed by atoms with E-state index < -0.39 is 0 Å².